The van der Waals surface area contributed by atoms with Gasteiger partial charge in [-0.3, -0.25) is 4.79 Å². The second-order valence-electron chi connectivity index (χ2n) is 6.60. The van der Waals surface area contributed by atoms with Crippen molar-refractivity contribution in [3.8, 4) is 0 Å². The first-order valence-corrected chi connectivity index (χ1v) is 10.3. The van der Waals surface area contributed by atoms with Crippen LogP contribution >= 0.6 is 0 Å². The number of fused-ring (bicyclic) bond motifs is 3. The summed E-state index contributed by atoms with van der Waals surface area (Å²) in [5.41, 5.74) is 0.944. The summed E-state index contributed by atoms with van der Waals surface area (Å²) in [4.78, 5) is 14.5. The van der Waals surface area contributed by atoms with Crippen LogP contribution in [0, 0.1) is 0 Å². The molecule has 26 heavy (non-hydrogen) atoms. The zero-order valence-electron chi connectivity index (χ0n) is 14.2. The van der Waals surface area contributed by atoms with E-state index >= 15 is 0 Å². The van der Waals surface area contributed by atoms with Crippen LogP contribution in [-0.4, -0.2) is 59.2 Å². The van der Waals surface area contributed by atoms with Gasteiger partial charge < -0.3 is 9.64 Å². The lowest BCUT2D eigenvalue weighted by molar-refractivity contribution is -0.139. The highest BCUT2D eigenvalue weighted by atomic mass is 32.2. The molecule has 9 heteroatoms. The topological polar surface area (TPSA) is 94.4 Å². The number of carbonyl (C=O) groups excluding carboxylic acids is 1. The Bertz CT molecular complexity index is 896. The number of aromatic nitrogens is 3. The minimum Gasteiger partial charge on any atom is -0.368 e. The fourth-order valence-electron chi connectivity index (χ4n) is 3.54. The molecule has 0 saturated carbocycles. The number of piperidine rings is 1. The predicted molar refractivity (Wildman–Crippen MR) is 91.9 cm³/mol. The molecule has 2 atom stereocenters. The first-order valence-electron chi connectivity index (χ1n) is 8.61. The molecule has 1 saturated heterocycles. The molecule has 2 aromatic rings. The minimum absolute atomic E-state index is 0.0246. The van der Waals surface area contributed by atoms with Gasteiger partial charge in [0, 0.05) is 19.5 Å². The van der Waals surface area contributed by atoms with Gasteiger partial charge in [-0.2, -0.15) is 0 Å². The van der Waals surface area contributed by atoms with Crippen molar-refractivity contribution in [2.45, 2.75) is 36.5 Å². The van der Waals surface area contributed by atoms with Crippen LogP contribution in [0.5, 0.6) is 0 Å². The number of sulfone groups is 1. The zero-order chi connectivity index (χ0) is 18.1. The standard InChI is InChI=1S/C17H20N4O4S/c22-17(7-9-26(23,24)14-4-2-1-3-5-14)20-8-6-15-16(11-20)25-12-13-10-18-19-21(13)15/h1-5,10,15-16H,6-9,11-12H2/t15-,16-/m1/s1. The van der Waals surface area contributed by atoms with E-state index in [2.05, 4.69) is 10.3 Å². The Balaban J connectivity index is 1.37. The highest BCUT2D eigenvalue weighted by Gasteiger charge is 2.37. The van der Waals surface area contributed by atoms with Crippen molar-refractivity contribution in [1.82, 2.24) is 19.9 Å². The Hall–Kier alpha value is -2.26. The third kappa shape index (κ3) is 3.24. The van der Waals surface area contributed by atoms with Gasteiger partial charge in [0.2, 0.25) is 5.91 Å². The number of rotatable bonds is 4. The molecular formula is C17H20N4O4S. The number of amides is 1. The fourth-order valence-corrected chi connectivity index (χ4v) is 4.79. The van der Waals surface area contributed by atoms with Crippen molar-refractivity contribution < 1.29 is 17.9 Å². The van der Waals surface area contributed by atoms with Crippen LogP contribution < -0.4 is 0 Å². The number of ether oxygens (including phenoxy) is 1. The van der Waals surface area contributed by atoms with Gasteiger partial charge in [-0.1, -0.05) is 23.4 Å². The summed E-state index contributed by atoms with van der Waals surface area (Å²) in [6.45, 7) is 1.45. The smallest absolute Gasteiger partial charge is 0.223 e. The van der Waals surface area contributed by atoms with E-state index in [1.807, 2.05) is 4.68 Å². The molecule has 138 valence electrons. The fraction of sp³-hybridized carbons (Fsp3) is 0.471. The minimum atomic E-state index is -3.45. The van der Waals surface area contributed by atoms with Crippen LogP contribution in [0.3, 0.4) is 0 Å². The lowest BCUT2D eigenvalue weighted by Gasteiger charge is -2.41. The van der Waals surface area contributed by atoms with E-state index in [-0.39, 0.29) is 35.1 Å². The number of benzene rings is 1. The molecule has 4 rings (SSSR count). The van der Waals surface area contributed by atoms with Crippen molar-refractivity contribution in [3.05, 3.63) is 42.2 Å². The lowest BCUT2D eigenvalue weighted by Crippen LogP contribution is -2.50. The van der Waals surface area contributed by atoms with Crippen molar-refractivity contribution in [3.63, 3.8) is 0 Å². The first-order chi connectivity index (χ1) is 12.5. The number of hydrogen-bond donors (Lipinski definition) is 0. The highest BCUT2D eigenvalue weighted by molar-refractivity contribution is 7.91. The van der Waals surface area contributed by atoms with Crippen molar-refractivity contribution in [2.75, 3.05) is 18.8 Å². The number of likely N-dealkylation sites (tertiary alicyclic amines) is 1. The van der Waals surface area contributed by atoms with Crippen molar-refractivity contribution in [1.29, 1.82) is 0 Å². The molecule has 2 aliphatic rings. The lowest BCUT2D eigenvalue weighted by atomic mass is 10.00. The van der Waals surface area contributed by atoms with Gasteiger partial charge in [-0.05, 0) is 18.6 Å². The number of nitrogens with zero attached hydrogens (tertiary/aromatic N) is 4. The van der Waals surface area contributed by atoms with Gasteiger partial charge in [0.1, 0.15) is 0 Å². The predicted octanol–water partition coefficient (Wildman–Crippen LogP) is 0.814. The molecule has 1 amide bonds. The summed E-state index contributed by atoms with van der Waals surface area (Å²) >= 11 is 0. The SMILES string of the molecule is O=C(CCS(=O)(=O)c1ccccc1)N1CC[C@@H]2[C@@H](C1)OCc1cnnn12. The quantitative estimate of drug-likeness (QED) is 0.784. The molecule has 0 N–H and O–H groups in total. The van der Waals surface area contributed by atoms with Crippen LogP contribution in [0.25, 0.3) is 0 Å². The Labute approximate surface area is 151 Å². The maximum absolute atomic E-state index is 12.5. The molecule has 0 radical (unpaired) electrons. The van der Waals surface area contributed by atoms with Gasteiger partial charge in [0.25, 0.3) is 0 Å². The van der Waals surface area contributed by atoms with Gasteiger partial charge in [-0.15, -0.1) is 5.10 Å². The summed E-state index contributed by atoms with van der Waals surface area (Å²) in [6.07, 6.45) is 2.26. The molecule has 0 spiro atoms. The maximum Gasteiger partial charge on any atom is 0.223 e. The van der Waals surface area contributed by atoms with E-state index < -0.39 is 9.84 Å². The van der Waals surface area contributed by atoms with Gasteiger partial charge in [0.15, 0.2) is 9.84 Å². The number of hydrogen-bond acceptors (Lipinski definition) is 6. The normalized spacial score (nSPS) is 22.5. The van der Waals surface area contributed by atoms with Crippen LogP contribution in [0.15, 0.2) is 41.4 Å². The third-order valence-electron chi connectivity index (χ3n) is 4.97. The monoisotopic (exact) mass is 376 g/mol. The van der Waals surface area contributed by atoms with E-state index in [1.54, 1.807) is 41.4 Å². The largest absolute Gasteiger partial charge is 0.368 e. The van der Waals surface area contributed by atoms with Gasteiger partial charge in [-0.25, -0.2) is 13.1 Å². The molecule has 1 fully saturated rings. The molecule has 1 aromatic heterocycles. The molecule has 0 bridgehead atoms. The maximum atomic E-state index is 12.5. The zero-order valence-corrected chi connectivity index (χ0v) is 15.0. The van der Waals surface area contributed by atoms with E-state index in [1.165, 1.54) is 0 Å². The molecule has 8 nitrogen and oxygen atoms in total. The number of carbonyl (C=O) groups is 1. The Morgan fingerprint density at radius 1 is 1.27 bits per heavy atom. The summed E-state index contributed by atoms with van der Waals surface area (Å²) in [7, 11) is -3.45. The van der Waals surface area contributed by atoms with Gasteiger partial charge >= 0.3 is 0 Å². The van der Waals surface area contributed by atoms with Gasteiger partial charge in [0.05, 0.1) is 41.3 Å². The van der Waals surface area contributed by atoms with E-state index in [0.717, 1.165) is 12.1 Å². The van der Waals surface area contributed by atoms with E-state index in [9.17, 15) is 13.2 Å². The molecule has 0 aliphatic carbocycles. The Morgan fingerprint density at radius 2 is 2.08 bits per heavy atom. The average Bonchev–Trinajstić information content (AvgIpc) is 3.15. The molecule has 1 aromatic carbocycles. The van der Waals surface area contributed by atoms with Crippen LogP contribution in [0.4, 0.5) is 0 Å². The molecule has 2 aliphatic heterocycles. The summed E-state index contributed by atoms with van der Waals surface area (Å²) < 4.78 is 32.4. The highest BCUT2D eigenvalue weighted by Crippen LogP contribution is 2.30. The Morgan fingerprint density at radius 3 is 2.88 bits per heavy atom. The molecular weight excluding hydrogens is 356 g/mol. The average molecular weight is 376 g/mol. The summed E-state index contributed by atoms with van der Waals surface area (Å²) in [5.74, 6) is -0.343. The molecule has 3 heterocycles. The first kappa shape index (κ1) is 17.2. The van der Waals surface area contributed by atoms with E-state index in [4.69, 9.17) is 4.74 Å². The Kier molecular flexibility index (Phi) is 4.49. The molecule has 0 unspecified atom stereocenters. The van der Waals surface area contributed by atoms with Crippen LogP contribution in [-0.2, 0) is 26.0 Å². The second-order valence-corrected chi connectivity index (χ2v) is 8.71. The third-order valence-corrected chi connectivity index (χ3v) is 6.70. The summed E-state index contributed by atoms with van der Waals surface area (Å²) in [6, 6.07) is 8.31. The van der Waals surface area contributed by atoms with Crippen molar-refractivity contribution in [2.24, 2.45) is 0 Å². The van der Waals surface area contributed by atoms with Crippen LogP contribution in [0.1, 0.15) is 24.6 Å². The second kappa shape index (κ2) is 6.81. The van der Waals surface area contributed by atoms with Crippen molar-refractivity contribution >= 4 is 15.7 Å². The summed E-state index contributed by atoms with van der Waals surface area (Å²) in [5, 5.41) is 8.04. The van der Waals surface area contributed by atoms with E-state index in [0.29, 0.717) is 19.7 Å². The van der Waals surface area contributed by atoms with Crippen LogP contribution in [0.2, 0.25) is 0 Å².